The second kappa shape index (κ2) is 32.3. The van der Waals surface area contributed by atoms with Gasteiger partial charge in [-0.05, 0) is 24.6 Å². The molecule has 0 saturated carbocycles. The average molecular weight is 921 g/mol. The number of hydrogen-bond acceptors (Lipinski definition) is 20. The Morgan fingerprint density at radius 1 is 0.698 bits per heavy atom. The standard InChI is InChI=1S/C41H76N6O15Si/c1-41(2,3)63(4,5)62-36-34(29-48)61-40(47-32-46-35-38(43)44-31-45-39(35)47)37(36)60-30-33(49)7-6-9-50-11-13-52-15-17-54-19-21-56-23-25-58-27-28-59-26-24-57-22-20-55-18-16-53-14-12-51-10-8-42/h31-32,34,36-37,40,48H,6-30,42H2,1-5H3,(H2,43,44,45)/t34-,36-,37-,40-/m1/s1. The summed E-state index contributed by atoms with van der Waals surface area (Å²) in [5.41, 5.74) is 12.2. The number of nitrogens with zero attached hydrogens (tertiary/aromatic N) is 4. The van der Waals surface area contributed by atoms with Gasteiger partial charge in [-0.25, -0.2) is 15.0 Å². The molecule has 21 nitrogen and oxygen atoms in total. The fourth-order valence-electron chi connectivity index (χ4n) is 5.77. The molecule has 3 rings (SSSR count). The normalized spacial score (nSPS) is 18.3. The topological polar surface area (TPSA) is 253 Å². The molecule has 0 amide bonds. The van der Waals surface area contributed by atoms with E-state index >= 15 is 0 Å². The molecule has 3 heterocycles. The first kappa shape index (κ1) is 55.0. The monoisotopic (exact) mass is 921 g/mol. The van der Waals surface area contributed by atoms with Crippen LogP contribution in [-0.4, -0.2) is 209 Å². The van der Waals surface area contributed by atoms with Crippen LogP contribution in [0.25, 0.3) is 11.2 Å². The van der Waals surface area contributed by atoms with Crippen molar-refractivity contribution in [1.29, 1.82) is 0 Å². The van der Waals surface area contributed by atoms with Crippen LogP contribution in [0.5, 0.6) is 0 Å². The number of aliphatic hydroxyl groups is 1. The first-order valence-electron chi connectivity index (χ1n) is 22.0. The minimum atomic E-state index is -2.35. The summed E-state index contributed by atoms with van der Waals surface area (Å²) in [6.45, 7) is 20.2. The van der Waals surface area contributed by atoms with Crippen molar-refractivity contribution >= 4 is 31.1 Å². The maximum Gasteiger partial charge on any atom is 0.192 e. The van der Waals surface area contributed by atoms with Crippen LogP contribution >= 0.6 is 0 Å². The maximum absolute atomic E-state index is 13.0. The number of Topliss-reactive ketones (excluding diaryl/α,β-unsaturated/α-hetero) is 1. The molecule has 63 heavy (non-hydrogen) atoms. The van der Waals surface area contributed by atoms with Gasteiger partial charge >= 0.3 is 0 Å². The van der Waals surface area contributed by atoms with E-state index < -0.39 is 32.9 Å². The largest absolute Gasteiger partial charge is 0.408 e. The Balaban J connectivity index is 1.14. The highest BCUT2D eigenvalue weighted by Crippen LogP contribution is 2.42. The van der Waals surface area contributed by atoms with Gasteiger partial charge < -0.3 is 77.8 Å². The van der Waals surface area contributed by atoms with Crippen LogP contribution in [0, 0.1) is 0 Å². The number of nitrogens with two attached hydrogens (primary N) is 2. The van der Waals surface area contributed by atoms with Crippen molar-refractivity contribution in [2.45, 2.75) is 76.3 Å². The maximum atomic E-state index is 13.0. The van der Waals surface area contributed by atoms with E-state index in [-0.39, 0.29) is 36.3 Å². The molecule has 1 saturated heterocycles. The van der Waals surface area contributed by atoms with Crippen molar-refractivity contribution in [1.82, 2.24) is 19.5 Å². The Labute approximate surface area is 373 Å². The summed E-state index contributed by atoms with van der Waals surface area (Å²) in [7, 11) is -2.35. The van der Waals surface area contributed by atoms with E-state index in [2.05, 4.69) is 48.8 Å². The molecular formula is C41H76N6O15Si. The third kappa shape index (κ3) is 21.7. The van der Waals surface area contributed by atoms with Gasteiger partial charge in [-0.1, -0.05) is 20.8 Å². The Morgan fingerprint density at radius 2 is 1.14 bits per heavy atom. The minimum Gasteiger partial charge on any atom is -0.408 e. The van der Waals surface area contributed by atoms with Crippen molar-refractivity contribution in [3.8, 4) is 0 Å². The van der Waals surface area contributed by atoms with Gasteiger partial charge in [-0.3, -0.25) is 9.36 Å². The number of imidazole rings is 1. The van der Waals surface area contributed by atoms with Crippen LogP contribution in [0.1, 0.15) is 39.8 Å². The summed E-state index contributed by atoms with van der Waals surface area (Å²) in [6.07, 6.45) is 0.846. The third-order valence-electron chi connectivity index (χ3n) is 10.2. The molecule has 1 aliphatic heterocycles. The highest BCUT2D eigenvalue weighted by molar-refractivity contribution is 6.74. The molecule has 0 aromatic carbocycles. The number of carbonyl (C=O) groups is 1. The Bertz CT molecular complexity index is 1480. The summed E-state index contributed by atoms with van der Waals surface area (Å²) in [6, 6.07) is 0. The second-order valence-corrected chi connectivity index (χ2v) is 20.8. The summed E-state index contributed by atoms with van der Waals surface area (Å²) >= 11 is 0. The number of hydrogen-bond donors (Lipinski definition) is 3. The molecule has 5 N–H and O–H groups in total. The van der Waals surface area contributed by atoms with Crippen molar-refractivity contribution in [2.24, 2.45) is 5.73 Å². The molecule has 2 aromatic heterocycles. The highest BCUT2D eigenvalue weighted by Gasteiger charge is 2.51. The number of carbonyl (C=O) groups excluding carboxylic acids is 1. The van der Waals surface area contributed by atoms with Gasteiger partial charge in [0.25, 0.3) is 0 Å². The lowest BCUT2D eigenvalue weighted by atomic mass is 10.1. The van der Waals surface area contributed by atoms with Crippen LogP contribution in [0.15, 0.2) is 12.7 Å². The molecule has 4 atom stereocenters. The van der Waals surface area contributed by atoms with Crippen molar-refractivity contribution in [3.63, 3.8) is 0 Å². The summed E-state index contributed by atoms with van der Waals surface area (Å²) in [5, 5.41) is 10.2. The average Bonchev–Trinajstić information content (AvgIpc) is 3.84. The van der Waals surface area contributed by atoms with Crippen LogP contribution in [0.3, 0.4) is 0 Å². The fourth-order valence-corrected chi connectivity index (χ4v) is 7.09. The van der Waals surface area contributed by atoms with Gasteiger partial charge in [0.2, 0.25) is 0 Å². The zero-order valence-electron chi connectivity index (χ0n) is 38.2. The lowest BCUT2D eigenvalue weighted by Gasteiger charge is -2.40. The van der Waals surface area contributed by atoms with Crippen molar-refractivity contribution in [3.05, 3.63) is 12.7 Å². The molecule has 1 fully saturated rings. The molecule has 0 unspecified atom stereocenters. The predicted molar refractivity (Wildman–Crippen MR) is 234 cm³/mol. The third-order valence-corrected chi connectivity index (χ3v) is 14.6. The molecule has 2 aromatic rings. The zero-order valence-corrected chi connectivity index (χ0v) is 39.2. The van der Waals surface area contributed by atoms with E-state index in [0.29, 0.717) is 156 Å². The molecule has 0 spiro atoms. The number of aromatic nitrogens is 4. The van der Waals surface area contributed by atoms with Crippen LogP contribution in [0.4, 0.5) is 5.82 Å². The number of nitrogen functional groups attached to an aromatic ring is 1. The zero-order chi connectivity index (χ0) is 45.6. The van der Waals surface area contributed by atoms with Crippen LogP contribution in [-0.2, 0) is 66.1 Å². The van der Waals surface area contributed by atoms with E-state index in [1.807, 2.05) is 0 Å². The summed E-state index contributed by atoms with van der Waals surface area (Å²) in [4.78, 5) is 25.8. The minimum absolute atomic E-state index is 0.0932. The van der Waals surface area contributed by atoms with Gasteiger partial charge in [-0.15, -0.1) is 0 Å². The summed E-state index contributed by atoms with van der Waals surface area (Å²) < 4.78 is 75.9. The number of ether oxygens (including phenoxy) is 12. The van der Waals surface area contributed by atoms with E-state index in [9.17, 15) is 9.90 Å². The highest BCUT2D eigenvalue weighted by atomic mass is 28.4. The molecule has 0 aliphatic carbocycles. The quantitative estimate of drug-likeness (QED) is 0.0633. The Kier molecular flexibility index (Phi) is 28.2. The molecule has 22 heteroatoms. The lowest BCUT2D eigenvalue weighted by molar-refractivity contribution is -0.130. The first-order chi connectivity index (χ1) is 30.5. The second-order valence-electron chi connectivity index (χ2n) is 16.0. The number of fused-ring (bicyclic) bond motifs is 1. The van der Waals surface area contributed by atoms with Crippen molar-refractivity contribution in [2.75, 3.05) is 158 Å². The van der Waals surface area contributed by atoms with Gasteiger partial charge in [0.15, 0.2) is 31.8 Å². The smallest absolute Gasteiger partial charge is 0.192 e. The van der Waals surface area contributed by atoms with Gasteiger partial charge in [0.1, 0.15) is 36.8 Å². The first-order valence-corrected chi connectivity index (χ1v) is 24.9. The van der Waals surface area contributed by atoms with Gasteiger partial charge in [0, 0.05) is 19.6 Å². The van der Waals surface area contributed by atoms with E-state index in [1.165, 1.54) is 6.33 Å². The Hall–Kier alpha value is -2.36. The fraction of sp³-hybridized carbons (Fsp3) is 0.854. The molecule has 0 radical (unpaired) electrons. The van der Waals surface area contributed by atoms with E-state index in [0.717, 1.165) is 0 Å². The molecule has 0 bridgehead atoms. The molecular weight excluding hydrogens is 845 g/mol. The summed E-state index contributed by atoms with van der Waals surface area (Å²) in [5.74, 6) is 0.136. The number of rotatable bonds is 40. The SMILES string of the molecule is CC(C)(C)[Si](C)(C)O[C@H]1[C@@H](OCC(=O)CCCOCCOCCOCCOCCOCCOCCOCCOCCOCCOCCN)[C@H](n2cnc3c(N)ncnc32)O[C@@H]1CO. The van der Waals surface area contributed by atoms with Crippen molar-refractivity contribution < 1.29 is 71.2 Å². The van der Waals surface area contributed by atoms with E-state index in [1.54, 1.807) is 10.9 Å². The van der Waals surface area contributed by atoms with Gasteiger partial charge in [-0.2, -0.15) is 0 Å². The molecule has 1 aliphatic rings. The number of aliphatic hydroxyl groups excluding tert-OH is 1. The molecule has 364 valence electrons. The number of anilines is 1. The predicted octanol–water partition coefficient (Wildman–Crippen LogP) is 1.55. The lowest BCUT2D eigenvalue weighted by Crippen LogP contribution is -2.50. The van der Waals surface area contributed by atoms with Gasteiger partial charge in [0.05, 0.1) is 138 Å². The van der Waals surface area contributed by atoms with E-state index in [4.69, 9.17) is 72.7 Å². The van der Waals surface area contributed by atoms with Crippen LogP contribution in [0.2, 0.25) is 18.1 Å². The number of ketones is 1. The van der Waals surface area contributed by atoms with Crippen LogP contribution < -0.4 is 11.5 Å². The Morgan fingerprint density at radius 3 is 1.57 bits per heavy atom.